The topological polar surface area (TPSA) is 103 Å². The second-order valence-corrected chi connectivity index (χ2v) is 10.5. The Hall–Kier alpha value is -3.86. The predicted molar refractivity (Wildman–Crippen MR) is 167 cm³/mol. The molecule has 0 unspecified atom stereocenters. The van der Waals surface area contributed by atoms with Crippen LogP contribution in [0.4, 0.5) is 11.6 Å². The van der Waals surface area contributed by atoms with Crippen molar-refractivity contribution in [3.63, 3.8) is 0 Å². The first-order valence-electron chi connectivity index (χ1n) is 14.1. The van der Waals surface area contributed by atoms with Crippen LogP contribution in [0.3, 0.4) is 0 Å². The van der Waals surface area contributed by atoms with Gasteiger partial charge in [0.25, 0.3) is 5.56 Å². The van der Waals surface area contributed by atoms with Gasteiger partial charge in [0, 0.05) is 67.7 Å². The van der Waals surface area contributed by atoms with E-state index in [2.05, 4.69) is 32.7 Å². The molecule has 5 rings (SSSR count). The smallest absolute Gasteiger partial charge is 0.260 e. The first kappa shape index (κ1) is 29.6. The van der Waals surface area contributed by atoms with Gasteiger partial charge in [-0.1, -0.05) is 23.7 Å². The van der Waals surface area contributed by atoms with E-state index < -0.39 is 0 Å². The number of halogens is 1. The highest BCUT2D eigenvalue weighted by molar-refractivity contribution is 6.35. The SMILES string of the molecule is CNc1ccc(CCn2c(=O)c(-c3cc(OC)cc(OC)c3Cl)cc3cnc(NCCCN4CCOCC4)nc32)cc1. The van der Waals surface area contributed by atoms with Gasteiger partial charge in [0.2, 0.25) is 5.95 Å². The minimum atomic E-state index is -0.205. The van der Waals surface area contributed by atoms with E-state index in [1.165, 1.54) is 7.11 Å². The zero-order valence-corrected chi connectivity index (χ0v) is 25.0. The van der Waals surface area contributed by atoms with Gasteiger partial charge in [0.05, 0.1) is 32.5 Å². The molecule has 1 saturated heterocycles. The number of hydrogen-bond donors (Lipinski definition) is 2. The molecule has 0 amide bonds. The number of anilines is 2. The highest BCUT2D eigenvalue weighted by Crippen LogP contribution is 2.38. The van der Waals surface area contributed by atoms with E-state index in [1.807, 2.05) is 19.2 Å². The predicted octanol–water partition coefficient (Wildman–Crippen LogP) is 4.55. The average Bonchev–Trinajstić information content (AvgIpc) is 3.03. The van der Waals surface area contributed by atoms with Crippen molar-refractivity contribution in [3.05, 3.63) is 69.6 Å². The Morgan fingerprint density at radius 2 is 1.81 bits per heavy atom. The number of fused-ring (bicyclic) bond motifs is 1. The highest BCUT2D eigenvalue weighted by Gasteiger charge is 2.19. The molecule has 3 heterocycles. The first-order valence-corrected chi connectivity index (χ1v) is 14.5. The zero-order valence-electron chi connectivity index (χ0n) is 24.3. The van der Waals surface area contributed by atoms with E-state index in [0.717, 1.165) is 62.5 Å². The number of morpholine rings is 1. The summed E-state index contributed by atoms with van der Waals surface area (Å²) in [6.45, 7) is 5.62. The molecular weight excluding hydrogens is 556 g/mol. The molecule has 0 bridgehead atoms. The third-order valence-corrected chi connectivity index (χ3v) is 7.88. The number of nitrogens with one attached hydrogen (secondary N) is 2. The number of methoxy groups -OCH3 is 2. The van der Waals surface area contributed by atoms with Crippen LogP contribution in [-0.2, 0) is 17.7 Å². The molecule has 42 heavy (non-hydrogen) atoms. The van der Waals surface area contributed by atoms with Gasteiger partial charge in [-0.3, -0.25) is 14.3 Å². The van der Waals surface area contributed by atoms with Crippen LogP contribution in [-0.4, -0.2) is 80.1 Å². The number of hydrogen-bond acceptors (Lipinski definition) is 9. The summed E-state index contributed by atoms with van der Waals surface area (Å²) in [6.07, 6.45) is 3.34. The zero-order chi connectivity index (χ0) is 29.5. The van der Waals surface area contributed by atoms with Crippen LogP contribution in [0.5, 0.6) is 11.5 Å². The standard InChI is InChI=1S/C31H37ClN6O4/c1-33-23-7-5-21(6-8-23)9-12-38-29-22(20-35-31(36-29)34-10-4-11-37-13-15-42-16-14-37)17-26(30(38)39)25-18-24(40-2)19-27(41-3)28(25)32/h5-8,17-20,33H,4,9-16H2,1-3H3,(H,34,35,36). The second-order valence-electron chi connectivity index (χ2n) is 10.1. The third-order valence-electron chi connectivity index (χ3n) is 7.49. The van der Waals surface area contributed by atoms with Gasteiger partial charge in [-0.2, -0.15) is 4.98 Å². The molecule has 4 aromatic rings. The maximum Gasteiger partial charge on any atom is 0.260 e. The minimum Gasteiger partial charge on any atom is -0.497 e. The first-order chi connectivity index (χ1) is 20.5. The van der Waals surface area contributed by atoms with Gasteiger partial charge >= 0.3 is 0 Å². The van der Waals surface area contributed by atoms with Crippen molar-refractivity contribution in [1.82, 2.24) is 19.4 Å². The highest BCUT2D eigenvalue weighted by atomic mass is 35.5. The summed E-state index contributed by atoms with van der Waals surface area (Å²) in [5.74, 6) is 1.45. The van der Waals surface area contributed by atoms with Crippen molar-refractivity contribution < 1.29 is 14.2 Å². The molecule has 11 heteroatoms. The lowest BCUT2D eigenvalue weighted by molar-refractivity contribution is 0.0378. The van der Waals surface area contributed by atoms with Crippen LogP contribution in [0.2, 0.25) is 5.02 Å². The maximum absolute atomic E-state index is 14.1. The van der Waals surface area contributed by atoms with E-state index in [4.69, 9.17) is 30.8 Å². The van der Waals surface area contributed by atoms with Gasteiger partial charge in [0.15, 0.2) is 0 Å². The number of aromatic nitrogens is 3. The van der Waals surface area contributed by atoms with Crippen LogP contribution < -0.4 is 25.7 Å². The molecule has 0 aliphatic carbocycles. The molecular formula is C31H37ClN6O4. The Balaban J connectivity index is 1.48. The molecule has 0 atom stereocenters. The lowest BCUT2D eigenvalue weighted by atomic mass is 10.0. The molecule has 1 aliphatic heterocycles. The summed E-state index contributed by atoms with van der Waals surface area (Å²) in [5, 5.41) is 7.54. The third kappa shape index (κ3) is 6.78. The van der Waals surface area contributed by atoms with E-state index in [-0.39, 0.29) is 5.56 Å². The lowest BCUT2D eigenvalue weighted by Crippen LogP contribution is -2.37. The summed E-state index contributed by atoms with van der Waals surface area (Å²) in [7, 11) is 4.98. The Morgan fingerprint density at radius 1 is 1.02 bits per heavy atom. The van der Waals surface area contributed by atoms with Gasteiger partial charge in [-0.15, -0.1) is 0 Å². The fraction of sp³-hybridized carbons (Fsp3) is 0.387. The van der Waals surface area contributed by atoms with Crippen LogP contribution in [0, 0.1) is 0 Å². The Kier molecular flexibility index (Phi) is 9.78. The largest absolute Gasteiger partial charge is 0.497 e. The normalized spacial score (nSPS) is 13.7. The fourth-order valence-electron chi connectivity index (χ4n) is 5.09. The Morgan fingerprint density at radius 3 is 2.52 bits per heavy atom. The molecule has 0 saturated carbocycles. The molecule has 1 aliphatic rings. The van der Waals surface area contributed by atoms with Crippen molar-refractivity contribution in [3.8, 4) is 22.6 Å². The molecule has 2 N–H and O–H groups in total. The average molecular weight is 593 g/mol. The fourth-order valence-corrected chi connectivity index (χ4v) is 5.37. The summed E-state index contributed by atoms with van der Waals surface area (Å²) < 4.78 is 18.1. The molecule has 2 aromatic heterocycles. The number of aryl methyl sites for hydroxylation is 2. The van der Waals surface area contributed by atoms with Crippen molar-refractivity contribution in [2.45, 2.75) is 19.4 Å². The molecule has 1 fully saturated rings. The molecule has 2 aromatic carbocycles. The number of pyridine rings is 1. The van der Waals surface area contributed by atoms with Crippen molar-refractivity contribution >= 4 is 34.3 Å². The van der Waals surface area contributed by atoms with Gasteiger partial charge < -0.3 is 24.8 Å². The van der Waals surface area contributed by atoms with Crippen LogP contribution in [0.25, 0.3) is 22.2 Å². The monoisotopic (exact) mass is 592 g/mol. The number of rotatable bonds is 12. The summed E-state index contributed by atoms with van der Waals surface area (Å²) >= 11 is 6.72. The van der Waals surface area contributed by atoms with Crippen LogP contribution in [0.1, 0.15) is 12.0 Å². The van der Waals surface area contributed by atoms with Gasteiger partial charge in [-0.05, 0) is 49.2 Å². The summed E-state index contributed by atoms with van der Waals surface area (Å²) in [4.78, 5) is 25.9. The summed E-state index contributed by atoms with van der Waals surface area (Å²) in [6, 6.07) is 13.4. The Labute approximate surface area is 250 Å². The van der Waals surface area contributed by atoms with Crippen LogP contribution >= 0.6 is 11.6 Å². The Bertz CT molecular complexity index is 1570. The van der Waals surface area contributed by atoms with E-state index in [0.29, 0.717) is 52.2 Å². The second kappa shape index (κ2) is 13.9. The van der Waals surface area contributed by atoms with Crippen molar-refractivity contribution in [2.24, 2.45) is 0 Å². The van der Waals surface area contributed by atoms with E-state index in [9.17, 15) is 4.79 Å². The number of nitrogens with zero attached hydrogens (tertiary/aromatic N) is 4. The van der Waals surface area contributed by atoms with E-state index >= 15 is 0 Å². The minimum absolute atomic E-state index is 0.205. The van der Waals surface area contributed by atoms with Crippen molar-refractivity contribution in [2.75, 3.05) is 71.3 Å². The van der Waals surface area contributed by atoms with Crippen LogP contribution in [0.15, 0.2) is 53.5 Å². The van der Waals surface area contributed by atoms with E-state index in [1.54, 1.807) is 36.1 Å². The molecule has 0 spiro atoms. The van der Waals surface area contributed by atoms with Crippen molar-refractivity contribution in [1.29, 1.82) is 0 Å². The number of ether oxygens (including phenoxy) is 3. The molecule has 0 radical (unpaired) electrons. The van der Waals surface area contributed by atoms with Gasteiger partial charge in [-0.25, -0.2) is 4.98 Å². The molecule has 10 nitrogen and oxygen atoms in total. The quantitative estimate of drug-likeness (QED) is 0.229. The molecule has 222 valence electrons. The number of benzene rings is 2. The maximum atomic E-state index is 14.1. The summed E-state index contributed by atoms with van der Waals surface area (Å²) in [5.41, 5.74) is 3.44. The van der Waals surface area contributed by atoms with Gasteiger partial charge in [0.1, 0.15) is 17.1 Å². The lowest BCUT2D eigenvalue weighted by Gasteiger charge is -2.26.